The first kappa shape index (κ1) is 12.4. The second kappa shape index (κ2) is 4.82. The maximum Gasteiger partial charge on any atom is 0.0956 e. The Hall–Kier alpha value is -1.61. The van der Waals surface area contributed by atoms with Crippen molar-refractivity contribution < 1.29 is 0 Å². The van der Waals surface area contributed by atoms with Crippen LogP contribution in [-0.4, -0.2) is 22.6 Å². The fourth-order valence-corrected chi connectivity index (χ4v) is 2.95. The number of rotatable bonds is 2. The van der Waals surface area contributed by atoms with Crippen molar-refractivity contribution in [1.29, 1.82) is 0 Å². The van der Waals surface area contributed by atoms with Crippen LogP contribution in [0, 0.1) is 6.92 Å². The Morgan fingerprint density at radius 3 is 2.79 bits per heavy atom. The largest absolute Gasteiger partial charge is 0.325 e. The van der Waals surface area contributed by atoms with Crippen LogP contribution in [-0.2, 0) is 5.54 Å². The topological polar surface area (TPSA) is 29.9 Å². The zero-order valence-electron chi connectivity index (χ0n) is 11.7. The van der Waals surface area contributed by atoms with Gasteiger partial charge in [0.25, 0.3) is 0 Å². The molecule has 19 heavy (non-hydrogen) atoms. The second-order valence-electron chi connectivity index (χ2n) is 5.77. The Bertz CT molecular complexity index is 565. The van der Waals surface area contributed by atoms with Crippen molar-refractivity contribution in [3.8, 4) is 11.3 Å². The summed E-state index contributed by atoms with van der Waals surface area (Å²) in [4.78, 5) is 4.39. The minimum atomic E-state index is 0.181. The smallest absolute Gasteiger partial charge is 0.0956 e. The maximum atomic E-state index is 4.39. The molecule has 0 amide bonds. The van der Waals surface area contributed by atoms with Crippen LogP contribution in [0.5, 0.6) is 0 Å². The van der Waals surface area contributed by atoms with Crippen LogP contribution in [0.3, 0.4) is 0 Å². The average Bonchev–Trinajstić information content (AvgIpc) is 2.89. The molecule has 100 valence electrons. The lowest BCUT2D eigenvalue weighted by Crippen LogP contribution is -2.41. The summed E-state index contributed by atoms with van der Waals surface area (Å²) in [7, 11) is 0. The highest BCUT2D eigenvalue weighted by Crippen LogP contribution is 2.32. The third-order valence-electron chi connectivity index (χ3n) is 4.21. The fourth-order valence-electron chi connectivity index (χ4n) is 2.95. The number of piperidine rings is 1. The highest BCUT2D eigenvalue weighted by Gasteiger charge is 2.30. The molecule has 0 unspecified atom stereocenters. The molecule has 1 fully saturated rings. The number of nitrogens with one attached hydrogen (secondary N) is 1. The molecule has 0 bridgehead atoms. The average molecular weight is 255 g/mol. The van der Waals surface area contributed by atoms with Gasteiger partial charge in [-0.25, -0.2) is 4.98 Å². The van der Waals surface area contributed by atoms with E-state index in [1.165, 1.54) is 16.8 Å². The number of benzene rings is 1. The van der Waals surface area contributed by atoms with Crippen LogP contribution in [0.1, 0.15) is 25.3 Å². The molecular formula is C16H21N3. The summed E-state index contributed by atoms with van der Waals surface area (Å²) in [6.45, 7) is 6.65. The van der Waals surface area contributed by atoms with E-state index in [-0.39, 0.29) is 5.54 Å². The summed E-state index contributed by atoms with van der Waals surface area (Å²) < 4.78 is 2.36. The van der Waals surface area contributed by atoms with Gasteiger partial charge >= 0.3 is 0 Å². The lowest BCUT2D eigenvalue weighted by molar-refractivity contribution is 0.233. The number of aryl methyl sites for hydroxylation is 1. The SMILES string of the molecule is Cc1cccc(-c2cncn2C2(C)CCNCC2)c1. The van der Waals surface area contributed by atoms with Gasteiger partial charge in [-0.2, -0.15) is 0 Å². The van der Waals surface area contributed by atoms with Crippen molar-refractivity contribution >= 4 is 0 Å². The van der Waals surface area contributed by atoms with Gasteiger partial charge in [0.2, 0.25) is 0 Å². The van der Waals surface area contributed by atoms with Gasteiger partial charge in [-0.05, 0) is 45.8 Å². The van der Waals surface area contributed by atoms with Crippen LogP contribution in [0.2, 0.25) is 0 Å². The first-order valence-electron chi connectivity index (χ1n) is 7.00. The standard InChI is InChI=1S/C16H21N3/c1-13-4-3-5-14(10-13)15-11-18-12-19(15)16(2)6-8-17-9-7-16/h3-5,10-12,17H,6-9H2,1-2H3. The Morgan fingerprint density at radius 1 is 1.26 bits per heavy atom. The second-order valence-corrected chi connectivity index (χ2v) is 5.77. The predicted molar refractivity (Wildman–Crippen MR) is 78.2 cm³/mol. The number of imidazole rings is 1. The molecule has 0 aliphatic carbocycles. The van der Waals surface area contributed by atoms with Gasteiger partial charge in [-0.15, -0.1) is 0 Å². The molecule has 1 aromatic carbocycles. The van der Waals surface area contributed by atoms with Gasteiger partial charge in [0.1, 0.15) is 0 Å². The van der Waals surface area contributed by atoms with Crippen molar-refractivity contribution in [3.05, 3.63) is 42.4 Å². The van der Waals surface area contributed by atoms with E-state index in [1.807, 2.05) is 12.5 Å². The summed E-state index contributed by atoms with van der Waals surface area (Å²) in [6, 6.07) is 8.66. The molecule has 2 aromatic rings. The van der Waals surface area contributed by atoms with E-state index < -0.39 is 0 Å². The van der Waals surface area contributed by atoms with Gasteiger partial charge in [0.05, 0.1) is 18.2 Å². The van der Waals surface area contributed by atoms with E-state index in [9.17, 15) is 0 Å². The van der Waals surface area contributed by atoms with E-state index in [4.69, 9.17) is 0 Å². The molecule has 1 aliphatic heterocycles. The lowest BCUT2D eigenvalue weighted by Gasteiger charge is -2.36. The molecule has 1 aromatic heterocycles. The minimum Gasteiger partial charge on any atom is -0.325 e. The summed E-state index contributed by atoms with van der Waals surface area (Å²) in [6.07, 6.45) is 6.29. The fraction of sp³-hybridized carbons (Fsp3) is 0.438. The summed E-state index contributed by atoms with van der Waals surface area (Å²) >= 11 is 0. The Kier molecular flexibility index (Phi) is 3.15. The van der Waals surface area contributed by atoms with E-state index in [1.54, 1.807) is 0 Å². The van der Waals surface area contributed by atoms with Gasteiger partial charge in [-0.1, -0.05) is 23.8 Å². The van der Waals surface area contributed by atoms with Crippen LogP contribution in [0.4, 0.5) is 0 Å². The molecule has 1 N–H and O–H groups in total. The molecule has 3 heteroatoms. The summed E-state index contributed by atoms with van der Waals surface area (Å²) in [5.74, 6) is 0. The van der Waals surface area contributed by atoms with Crippen molar-refractivity contribution in [2.45, 2.75) is 32.2 Å². The monoisotopic (exact) mass is 255 g/mol. The zero-order valence-corrected chi connectivity index (χ0v) is 11.7. The minimum absolute atomic E-state index is 0.181. The first-order chi connectivity index (χ1) is 9.19. The molecule has 3 rings (SSSR count). The Balaban J connectivity index is 2.03. The highest BCUT2D eigenvalue weighted by atomic mass is 15.1. The quantitative estimate of drug-likeness (QED) is 0.894. The van der Waals surface area contributed by atoms with E-state index in [2.05, 4.69) is 53.0 Å². The number of hydrogen-bond acceptors (Lipinski definition) is 2. The van der Waals surface area contributed by atoms with Gasteiger partial charge in [0, 0.05) is 11.1 Å². The third-order valence-corrected chi connectivity index (χ3v) is 4.21. The van der Waals surface area contributed by atoms with Gasteiger partial charge in [0.15, 0.2) is 0 Å². The van der Waals surface area contributed by atoms with Gasteiger partial charge < -0.3 is 9.88 Å². The molecule has 0 saturated carbocycles. The van der Waals surface area contributed by atoms with E-state index >= 15 is 0 Å². The van der Waals surface area contributed by atoms with Gasteiger partial charge in [-0.3, -0.25) is 0 Å². The van der Waals surface area contributed by atoms with Crippen molar-refractivity contribution in [2.75, 3.05) is 13.1 Å². The molecule has 3 nitrogen and oxygen atoms in total. The molecular weight excluding hydrogens is 234 g/mol. The normalized spacial score (nSPS) is 18.4. The summed E-state index contributed by atoms with van der Waals surface area (Å²) in [5.41, 5.74) is 3.96. The molecule has 0 radical (unpaired) electrons. The lowest BCUT2D eigenvalue weighted by atomic mass is 9.89. The molecule has 1 saturated heterocycles. The zero-order chi connectivity index (χ0) is 13.3. The highest BCUT2D eigenvalue weighted by molar-refractivity contribution is 5.60. The Morgan fingerprint density at radius 2 is 2.05 bits per heavy atom. The van der Waals surface area contributed by atoms with Crippen molar-refractivity contribution in [3.63, 3.8) is 0 Å². The molecule has 0 spiro atoms. The molecule has 2 heterocycles. The summed E-state index contributed by atoms with van der Waals surface area (Å²) in [5, 5.41) is 3.44. The van der Waals surface area contributed by atoms with Crippen molar-refractivity contribution in [1.82, 2.24) is 14.9 Å². The molecule has 0 atom stereocenters. The van der Waals surface area contributed by atoms with E-state index in [0.717, 1.165) is 25.9 Å². The first-order valence-corrected chi connectivity index (χ1v) is 7.00. The number of hydrogen-bond donors (Lipinski definition) is 1. The van der Waals surface area contributed by atoms with E-state index in [0.29, 0.717) is 0 Å². The maximum absolute atomic E-state index is 4.39. The van der Waals surface area contributed by atoms with Crippen LogP contribution < -0.4 is 5.32 Å². The number of aromatic nitrogens is 2. The van der Waals surface area contributed by atoms with Crippen LogP contribution in [0.15, 0.2) is 36.8 Å². The van der Waals surface area contributed by atoms with Crippen LogP contribution >= 0.6 is 0 Å². The Labute approximate surface area is 114 Å². The van der Waals surface area contributed by atoms with Crippen LogP contribution in [0.25, 0.3) is 11.3 Å². The third kappa shape index (κ3) is 2.30. The van der Waals surface area contributed by atoms with Crippen molar-refractivity contribution in [2.24, 2.45) is 0 Å². The molecule has 1 aliphatic rings. The predicted octanol–water partition coefficient (Wildman–Crippen LogP) is 2.96. The number of nitrogens with zero attached hydrogens (tertiary/aromatic N) is 2.